The quantitative estimate of drug-likeness (QED) is 0.923. The fraction of sp³-hybridized carbons (Fsp3) is 0.312. The fourth-order valence-corrected chi connectivity index (χ4v) is 3.36. The first-order valence-corrected chi connectivity index (χ1v) is 8.34. The Labute approximate surface area is 142 Å². The van der Waals surface area contributed by atoms with Crippen molar-refractivity contribution in [3.8, 4) is 0 Å². The van der Waals surface area contributed by atoms with Gasteiger partial charge in [0.25, 0.3) is 5.91 Å². The molecule has 1 aliphatic rings. The number of aryl methyl sites for hydroxylation is 1. The van der Waals surface area contributed by atoms with Crippen molar-refractivity contribution < 1.29 is 14.0 Å². The van der Waals surface area contributed by atoms with E-state index in [0.717, 1.165) is 10.6 Å². The molecule has 3 amide bonds. The molecule has 2 heterocycles. The van der Waals surface area contributed by atoms with Gasteiger partial charge in [0.2, 0.25) is 0 Å². The normalized spacial score (nSPS) is 14.0. The molecule has 1 saturated heterocycles. The SMILES string of the molecule is Cc1ncsc1CN(C)C(=O)c1cc(N2CCNC2=O)ccc1F. The Morgan fingerprint density at radius 1 is 1.50 bits per heavy atom. The number of halogens is 1. The fourth-order valence-electron chi connectivity index (χ4n) is 2.53. The molecule has 1 N–H and O–H groups in total. The Kier molecular flexibility index (Phi) is 4.48. The summed E-state index contributed by atoms with van der Waals surface area (Å²) in [5, 5.41) is 2.68. The number of carbonyl (C=O) groups excluding carboxylic acids is 2. The maximum Gasteiger partial charge on any atom is 0.321 e. The summed E-state index contributed by atoms with van der Waals surface area (Å²) in [7, 11) is 1.62. The van der Waals surface area contributed by atoms with Gasteiger partial charge in [0, 0.05) is 30.7 Å². The molecule has 2 aromatic rings. The standard InChI is InChI=1S/C16H17FN4O2S/c1-10-14(24-9-19-10)8-20(2)15(22)12-7-11(3-4-13(12)17)21-6-5-18-16(21)23/h3-4,7,9H,5-6,8H2,1-2H3,(H,18,23). The van der Waals surface area contributed by atoms with E-state index in [2.05, 4.69) is 10.3 Å². The lowest BCUT2D eigenvalue weighted by molar-refractivity contribution is 0.0781. The number of nitrogens with one attached hydrogen (secondary N) is 1. The van der Waals surface area contributed by atoms with Crippen molar-refractivity contribution in [3.05, 3.63) is 45.7 Å². The van der Waals surface area contributed by atoms with Crippen LogP contribution in [0.1, 0.15) is 20.9 Å². The number of urea groups is 1. The minimum atomic E-state index is -0.601. The van der Waals surface area contributed by atoms with Gasteiger partial charge in [0.15, 0.2) is 0 Å². The van der Waals surface area contributed by atoms with Gasteiger partial charge < -0.3 is 10.2 Å². The summed E-state index contributed by atoms with van der Waals surface area (Å²) >= 11 is 1.46. The molecular formula is C16H17FN4O2S. The molecule has 0 radical (unpaired) electrons. The van der Waals surface area contributed by atoms with E-state index in [1.54, 1.807) is 12.6 Å². The number of amides is 3. The third-order valence-corrected chi connectivity index (χ3v) is 4.84. The molecular weight excluding hydrogens is 331 g/mol. The number of anilines is 1. The van der Waals surface area contributed by atoms with Gasteiger partial charge in [-0.1, -0.05) is 0 Å². The van der Waals surface area contributed by atoms with Crippen molar-refractivity contribution in [1.82, 2.24) is 15.2 Å². The van der Waals surface area contributed by atoms with Crippen LogP contribution in [0.15, 0.2) is 23.7 Å². The minimum Gasteiger partial charge on any atom is -0.336 e. The van der Waals surface area contributed by atoms with E-state index < -0.39 is 11.7 Å². The molecule has 126 valence electrons. The molecule has 3 rings (SSSR count). The second-order valence-corrected chi connectivity index (χ2v) is 6.51. The van der Waals surface area contributed by atoms with Gasteiger partial charge in [0.1, 0.15) is 5.82 Å². The molecule has 24 heavy (non-hydrogen) atoms. The summed E-state index contributed by atoms with van der Waals surface area (Å²) in [4.78, 5) is 32.4. The van der Waals surface area contributed by atoms with Gasteiger partial charge in [-0.3, -0.25) is 9.69 Å². The number of hydrogen-bond acceptors (Lipinski definition) is 4. The number of nitrogens with zero attached hydrogens (tertiary/aromatic N) is 3. The third-order valence-electron chi connectivity index (χ3n) is 3.92. The van der Waals surface area contributed by atoms with Crippen molar-refractivity contribution in [2.75, 3.05) is 25.0 Å². The zero-order valence-electron chi connectivity index (χ0n) is 13.4. The lowest BCUT2D eigenvalue weighted by atomic mass is 10.1. The number of rotatable bonds is 4. The number of benzene rings is 1. The monoisotopic (exact) mass is 348 g/mol. The van der Waals surface area contributed by atoms with Crippen LogP contribution in [0.5, 0.6) is 0 Å². The van der Waals surface area contributed by atoms with Gasteiger partial charge in [0.05, 0.1) is 23.3 Å². The number of hydrogen-bond donors (Lipinski definition) is 1. The van der Waals surface area contributed by atoms with Crippen molar-refractivity contribution in [1.29, 1.82) is 0 Å². The van der Waals surface area contributed by atoms with Crippen LogP contribution in [-0.2, 0) is 6.54 Å². The lowest BCUT2D eigenvalue weighted by Crippen LogP contribution is -2.29. The van der Waals surface area contributed by atoms with E-state index in [4.69, 9.17) is 0 Å². The molecule has 1 aromatic carbocycles. The molecule has 8 heteroatoms. The summed E-state index contributed by atoms with van der Waals surface area (Å²) in [6, 6.07) is 3.91. The molecule has 0 atom stereocenters. The van der Waals surface area contributed by atoms with E-state index in [0.29, 0.717) is 25.3 Å². The van der Waals surface area contributed by atoms with Crippen molar-refractivity contribution in [2.24, 2.45) is 0 Å². The molecule has 1 aromatic heterocycles. The summed E-state index contributed by atoms with van der Waals surface area (Å²) < 4.78 is 14.1. The lowest BCUT2D eigenvalue weighted by Gasteiger charge is -2.19. The van der Waals surface area contributed by atoms with Gasteiger partial charge in [-0.05, 0) is 25.1 Å². The molecule has 0 spiro atoms. The van der Waals surface area contributed by atoms with E-state index in [1.165, 1.54) is 39.3 Å². The zero-order valence-corrected chi connectivity index (χ0v) is 14.2. The highest BCUT2D eigenvalue weighted by Crippen LogP contribution is 2.22. The van der Waals surface area contributed by atoms with E-state index in [9.17, 15) is 14.0 Å². The van der Waals surface area contributed by atoms with Gasteiger partial charge in [-0.2, -0.15) is 0 Å². The first-order valence-electron chi connectivity index (χ1n) is 7.46. The summed E-state index contributed by atoms with van der Waals surface area (Å²) in [6.07, 6.45) is 0. The topological polar surface area (TPSA) is 65.5 Å². The van der Waals surface area contributed by atoms with E-state index in [-0.39, 0.29) is 11.6 Å². The highest BCUT2D eigenvalue weighted by atomic mass is 32.1. The average molecular weight is 348 g/mol. The van der Waals surface area contributed by atoms with Gasteiger partial charge >= 0.3 is 6.03 Å². The van der Waals surface area contributed by atoms with Gasteiger partial charge in [-0.25, -0.2) is 14.2 Å². The summed E-state index contributed by atoms with van der Waals surface area (Å²) in [5.74, 6) is -1.03. The van der Waals surface area contributed by atoms with Crippen LogP contribution in [0.2, 0.25) is 0 Å². The van der Waals surface area contributed by atoms with Crippen LogP contribution in [0, 0.1) is 12.7 Å². The van der Waals surface area contributed by atoms with E-state index >= 15 is 0 Å². The van der Waals surface area contributed by atoms with Crippen molar-refractivity contribution in [3.63, 3.8) is 0 Å². The summed E-state index contributed by atoms with van der Waals surface area (Å²) in [5.41, 5.74) is 3.05. The highest BCUT2D eigenvalue weighted by molar-refractivity contribution is 7.09. The summed E-state index contributed by atoms with van der Waals surface area (Å²) in [6.45, 7) is 3.26. The third kappa shape index (κ3) is 3.09. The molecule has 1 fully saturated rings. The molecule has 0 unspecified atom stereocenters. The Balaban J connectivity index is 1.83. The molecule has 0 aliphatic carbocycles. The van der Waals surface area contributed by atoms with Crippen LogP contribution in [0.25, 0.3) is 0 Å². The molecule has 6 nitrogen and oxygen atoms in total. The second-order valence-electron chi connectivity index (χ2n) is 5.57. The van der Waals surface area contributed by atoms with Gasteiger partial charge in [-0.15, -0.1) is 11.3 Å². The largest absolute Gasteiger partial charge is 0.336 e. The zero-order chi connectivity index (χ0) is 17.3. The number of carbonyl (C=O) groups is 2. The first kappa shape index (κ1) is 16.4. The maximum absolute atomic E-state index is 14.1. The Hall–Kier alpha value is -2.48. The van der Waals surface area contributed by atoms with Crippen molar-refractivity contribution >= 4 is 29.0 Å². The minimum absolute atomic E-state index is 0.0446. The molecule has 0 bridgehead atoms. The predicted octanol–water partition coefficient (Wildman–Crippen LogP) is 2.39. The smallest absolute Gasteiger partial charge is 0.321 e. The second kappa shape index (κ2) is 6.56. The molecule has 1 aliphatic heterocycles. The highest BCUT2D eigenvalue weighted by Gasteiger charge is 2.24. The maximum atomic E-state index is 14.1. The van der Waals surface area contributed by atoms with Crippen LogP contribution in [0.4, 0.5) is 14.9 Å². The van der Waals surface area contributed by atoms with Crippen LogP contribution in [0.3, 0.4) is 0 Å². The van der Waals surface area contributed by atoms with E-state index in [1.807, 2.05) is 6.92 Å². The number of thiazole rings is 1. The Morgan fingerprint density at radius 2 is 2.29 bits per heavy atom. The van der Waals surface area contributed by atoms with Crippen LogP contribution < -0.4 is 10.2 Å². The Morgan fingerprint density at radius 3 is 2.92 bits per heavy atom. The van der Waals surface area contributed by atoms with Crippen molar-refractivity contribution in [2.45, 2.75) is 13.5 Å². The Bertz CT molecular complexity index is 792. The molecule has 0 saturated carbocycles. The van der Waals surface area contributed by atoms with Crippen LogP contribution in [-0.4, -0.2) is 42.0 Å². The first-order chi connectivity index (χ1) is 11.5. The van der Waals surface area contributed by atoms with Crippen LogP contribution >= 0.6 is 11.3 Å². The predicted molar refractivity (Wildman–Crippen MR) is 89.8 cm³/mol. The average Bonchev–Trinajstić information content (AvgIpc) is 3.16. The number of aromatic nitrogens is 1.